The van der Waals surface area contributed by atoms with Gasteiger partial charge in [0.05, 0.1) is 21.3 Å². The van der Waals surface area contributed by atoms with Gasteiger partial charge in [0, 0.05) is 30.7 Å². The maximum atomic E-state index is 11.1. The van der Waals surface area contributed by atoms with Gasteiger partial charge in [0.25, 0.3) is 5.91 Å². The van der Waals surface area contributed by atoms with E-state index in [2.05, 4.69) is 62.1 Å². The molecule has 0 bridgehead atoms. The second kappa shape index (κ2) is 13.9. The highest BCUT2D eigenvalue weighted by molar-refractivity contribution is 14.1. The lowest BCUT2D eigenvalue weighted by atomic mass is 10.2. The largest absolute Gasteiger partial charge is 0.365 e. The number of hydrogen-bond donors (Lipinski definition) is 3. The van der Waals surface area contributed by atoms with Crippen LogP contribution in [-0.2, 0) is 11.3 Å². The van der Waals surface area contributed by atoms with Gasteiger partial charge in [-0.3, -0.25) is 19.9 Å². The molecule has 2 atom stereocenters. The number of benzene rings is 1. The van der Waals surface area contributed by atoms with Gasteiger partial charge in [-0.05, 0) is 42.3 Å². The van der Waals surface area contributed by atoms with Crippen LogP contribution in [0.25, 0.3) is 17.0 Å². The summed E-state index contributed by atoms with van der Waals surface area (Å²) in [5.74, 6) is 0.230. The summed E-state index contributed by atoms with van der Waals surface area (Å²) in [6.07, 6.45) is 5.57. The van der Waals surface area contributed by atoms with Crippen LogP contribution in [0.1, 0.15) is 17.7 Å². The van der Waals surface area contributed by atoms with Crippen molar-refractivity contribution in [2.45, 2.75) is 23.1 Å². The molecule has 178 valence electrons. The van der Waals surface area contributed by atoms with Crippen molar-refractivity contribution in [3.8, 4) is 0 Å². The normalized spacial score (nSPS) is 17.6. The Morgan fingerprint density at radius 2 is 1.94 bits per heavy atom. The first kappa shape index (κ1) is 29.3. The number of pyridine rings is 2. The Bertz CT molecular complexity index is 1070. The van der Waals surface area contributed by atoms with E-state index >= 15 is 0 Å². The lowest BCUT2D eigenvalue weighted by Gasteiger charge is -2.23. The van der Waals surface area contributed by atoms with Gasteiger partial charge in [-0.25, -0.2) is 10.5 Å². The number of aromatic nitrogens is 2. The van der Waals surface area contributed by atoms with E-state index in [-0.39, 0.29) is 37.2 Å². The smallest absolute Gasteiger partial charge is 0.267 e. The molecule has 1 saturated heterocycles. The fraction of sp³-hybridized carbons (Fsp3) is 0.227. The Labute approximate surface area is 224 Å². The molecule has 3 N–H and O–H groups in total. The van der Waals surface area contributed by atoms with Crippen molar-refractivity contribution in [3.05, 3.63) is 72.1 Å². The SMILES string of the molecule is Cl.Cl.Cl.O=C(C=Cc1ccc(N[C@@H]2CCN(Cc3ccc4ccccc4n3)C2I)nc1)NO. The van der Waals surface area contributed by atoms with E-state index in [0.717, 1.165) is 47.5 Å². The zero-order chi connectivity index (χ0) is 20.9. The van der Waals surface area contributed by atoms with Gasteiger partial charge in [0.15, 0.2) is 0 Å². The van der Waals surface area contributed by atoms with Gasteiger partial charge < -0.3 is 5.32 Å². The Kier molecular flexibility index (Phi) is 12.3. The van der Waals surface area contributed by atoms with Crippen LogP contribution in [0.15, 0.2) is 60.8 Å². The van der Waals surface area contributed by atoms with Crippen molar-refractivity contribution in [3.63, 3.8) is 0 Å². The fourth-order valence-electron chi connectivity index (χ4n) is 3.52. The molecule has 11 heteroatoms. The van der Waals surface area contributed by atoms with E-state index in [0.29, 0.717) is 10.1 Å². The minimum Gasteiger partial charge on any atom is -0.365 e. The van der Waals surface area contributed by atoms with Crippen LogP contribution < -0.4 is 10.8 Å². The number of nitrogens with zero attached hydrogens (tertiary/aromatic N) is 3. The lowest BCUT2D eigenvalue weighted by molar-refractivity contribution is -0.124. The standard InChI is InChI=1S/C22H22IN5O2.3ClH/c23-22-19(26-20-9-5-15(13-24-20)6-10-21(29)27-30)11-12-28(22)14-17-8-7-16-3-1-2-4-18(16)25-17;;;/h1-10,13,19,22,30H,11-12,14H2,(H,24,26)(H,27,29);3*1H/t19-,22?;;;/m1.../s1. The third-order valence-corrected chi connectivity index (χ3v) is 6.74. The molecule has 1 aromatic carbocycles. The predicted octanol–water partition coefficient (Wildman–Crippen LogP) is 4.86. The number of nitrogens with one attached hydrogen (secondary N) is 2. The maximum absolute atomic E-state index is 11.1. The first-order valence-corrected chi connectivity index (χ1v) is 10.9. The molecule has 3 heterocycles. The molecule has 3 aromatic rings. The molecular weight excluding hydrogens is 600 g/mol. The van der Waals surface area contributed by atoms with Crippen LogP contribution >= 0.6 is 59.8 Å². The summed E-state index contributed by atoms with van der Waals surface area (Å²) >= 11 is 2.49. The monoisotopic (exact) mass is 623 g/mol. The zero-order valence-electron chi connectivity index (χ0n) is 17.4. The number of rotatable bonds is 6. The molecule has 0 radical (unpaired) electrons. The van der Waals surface area contributed by atoms with Crippen LogP contribution in [0.3, 0.4) is 0 Å². The molecule has 7 nitrogen and oxygen atoms in total. The quantitative estimate of drug-likeness (QED) is 0.0907. The van der Waals surface area contributed by atoms with E-state index in [4.69, 9.17) is 10.2 Å². The number of hydroxylamine groups is 1. The molecule has 4 rings (SSSR count). The van der Waals surface area contributed by atoms with Crippen LogP contribution in [0.2, 0.25) is 0 Å². The Morgan fingerprint density at radius 3 is 2.67 bits per heavy atom. The third kappa shape index (κ3) is 7.66. The summed E-state index contributed by atoms with van der Waals surface area (Å²) in [6, 6.07) is 16.5. The average Bonchev–Trinajstić information content (AvgIpc) is 3.12. The molecule has 2 aromatic heterocycles. The van der Waals surface area contributed by atoms with E-state index in [1.807, 2.05) is 24.3 Å². The Morgan fingerprint density at radius 1 is 1.15 bits per heavy atom. The summed E-state index contributed by atoms with van der Waals surface area (Å²) in [5.41, 5.74) is 4.46. The number of alkyl halides is 1. The van der Waals surface area contributed by atoms with Gasteiger partial charge in [-0.15, -0.1) is 37.2 Å². The Balaban J connectivity index is 0.00000181. The number of para-hydroxylation sites is 1. The van der Waals surface area contributed by atoms with Crippen LogP contribution in [0, 0.1) is 0 Å². The maximum Gasteiger partial charge on any atom is 0.267 e. The van der Waals surface area contributed by atoms with E-state index in [9.17, 15) is 4.79 Å². The molecule has 0 saturated carbocycles. The van der Waals surface area contributed by atoms with Gasteiger partial charge in [-0.1, -0.05) is 46.9 Å². The molecular formula is C22H25Cl3IN5O2. The number of carbonyl (C=O) groups excluding carboxylic acids is 1. The fourth-order valence-corrected chi connectivity index (χ4v) is 4.54. The molecule has 1 fully saturated rings. The first-order chi connectivity index (χ1) is 14.6. The number of hydrogen-bond acceptors (Lipinski definition) is 6. The van der Waals surface area contributed by atoms with Crippen LogP contribution in [0.4, 0.5) is 5.82 Å². The highest BCUT2D eigenvalue weighted by Gasteiger charge is 2.32. The van der Waals surface area contributed by atoms with E-state index < -0.39 is 5.91 Å². The summed E-state index contributed by atoms with van der Waals surface area (Å²) in [6.45, 7) is 1.82. The number of halogens is 4. The molecule has 1 amide bonds. The minimum atomic E-state index is -0.572. The highest BCUT2D eigenvalue weighted by Crippen LogP contribution is 2.28. The van der Waals surface area contributed by atoms with Crippen molar-refractivity contribution in [1.82, 2.24) is 20.3 Å². The van der Waals surface area contributed by atoms with Gasteiger partial charge in [0.1, 0.15) is 5.82 Å². The van der Waals surface area contributed by atoms with Crippen molar-refractivity contribution in [1.29, 1.82) is 0 Å². The zero-order valence-corrected chi connectivity index (χ0v) is 22.0. The molecule has 1 aliphatic heterocycles. The van der Waals surface area contributed by atoms with Crippen molar-refractivity contribution in [2.75, 3.05) is 11.9 Å². The number of anilines is 1. The molecule has 0 spiro atoms. The molecule has 1 aliphatic rings. The highest BCUT2D eigenvalue weighted by atomic mass is 127. The summed E-state index contributed by atoms with van der Waals surface area (Å²) in [4.78, 5) is 22.7. The van der Waals surface area contributed by atoms with Gasteiger partial charge in [-0.2, -0.15) is 0 Å². The van der Waals surface area contributed by atoms with Gasteiger partial charge >= 0.3 is 0 Å². The number of likely N-dealkylation sites (tertiary alicyclic amines) is 1. The predicted molar refractivity (Wildman–Crippen MR) is 147 cm³/mol. The van der Waals surface area contributed by atoms with Crippen LogP contribution in [-0.4, -0.2) is 42.6 Å². The molecule has 1 unspecified atom stereocenters. The summed E-state index contributed by atoms with van der Waals surface area (Å²) < 4.78 is 0.325. The third-order valence-electron chi connectivity index (χ3n) is 5.09. The lowest BCUT2D eigenvalue weighted by Crippen LogP contribution is -2.33. The first-order valence-electron chi connectivity index (χ1n) is 9.70. The van der Waals surface area contributed by atoms with Crippen molar-refractivity contribution >= 4 is 88.5 Å². The summed E-state index contributed by atoms with van der Waals surface area (Å²) in [5, 5.41) is 13.2. The van der Waals surface area contributed by atoms with Gasteiger partial charge in [0.2, 0.25) is 0 Å². The minimum absolute atomic E-state index is 0. The number of amides is 1. The second-order valence-electron chi connectivity index (χ2n) is 7.16. The van der Waals surface area contributed by atoms with E-state index in [1.165, 1.54) is 6.08 Å². The van der Waals surface area contributed by atoms with Crippen molar-refractivity contribution < 1.29 is 10.0 Å². The second-order valence-corrected chi connectivity index (χ2v) is 8.44. The topological polar surface area (TPSA) is 90.4 Å². The van der Waals surface area contributed by atoms with Crippen molar-refractivity contribution in [2.24, 2.45) is 0 Å². The molecule has 33 heavy (non-hydrogen) atoms. The number of fused-ring (bicyclic) bond motifs is 1. The summed E-state index contributed by atoms with van der Waals surface area (Å²) in [7, 11) is 0. The van der Waals surface area contributed by atoms with E-state index in [1.54, 1.807) is 17.8 Å². The molecule has 0 aliphatic carbocycles. The van der Waals surface area contributed by atoms with Crippen LogP contribution in [0.5, 0.6) is 0 Å². The average molecular weight is 625 g/mol. The number of carbonyl (C=O) groups is 1. The Hall–Kier alpha value is -1.69.